The summed E-state index contributed by atoms with van der Waals surface area (Å²) in [5, 5.41) is 2.20. The number of methoxy groups -OCH3 is 1. The maximum Gasteiger partial charge on any atom is 0.310 e. The van der Waals surface area contributed by atoms with Gasteiger partial charge in [0.15, 0.2) is 12.4 Å². The smallest absolute Gasteiger partial charge is 0.310 e. The fourth-order valence-corrected chi connectivity index (χ4v) is 2.84. The second kappa shape index (κ2) is 10.0. The number of ketones is 1. The first kappa shape index (κ1) is 23.8. The Morgan fingerprint density at radius 2 is 1.55 bits per heavy atom. The van der Waals surface area contributed by atoms with E-state index >= 15 is 0 Å². The van der Waals surface area contributed by atoms with Gasteiger partial charge in [0.05, 0.1) is 13.5 Å². The number of rotatable bonds is 7. The van der Waals surface area contributed by atoms with Crippen LogP contribution in [-0.4, -0.2) is 37.3 Å². The molecular weight excluding hydrogens is 398 g/mol. The van der Waals surface area contributed by atoms with Gasteiger partial charge in [0, 0.05) is 16.7 Å². The van der Waals surface area contributed by atoms with Crippen molar-refractivity contribution < 1.29 is 28.7 Å². The van der Waals surface area contributed by atoms with Crippen LogP contribution in [0.3, 0.4) is 0 Å². The van der Waals surface area contributed by atoms with Gasteiger partial charge in [-0.3, -0.25) is 24.5 Å². The highest BCUT2D eigenvalue weighted by Crippen LogP contribution is 2.22. The minimum atomic E-state index is -0.734. The lowest BCUT2D eigenvalue weighted by Crippen LogP contribution is -2.34. The van der Waals surface area contributed by atoms with E-state index in [1.54, 1.807) is 30.3 Å². The van der Waals surface area contributed by atoms with Gasteiger partial charge in [-0.15, -0.1) is 0 Å². The Morgan fingerprint density at radius 3 is 2.10 bits per heavy atom. The highest BCUT2D eigenvalue weighted by Gasteiger charge is 2.17. The molecule has 2 aromatic rings. The van der Waals surface area contributed by atoms with Crippen molar-refractivity contribution in [2.45, 2.75) is 39.5 Å². The summed E-state index contributed by atoms with van der Waals surface area (Å²) in [5.74, 6) is -1.71. The zero-order chi connectivity index (χ0) is 23.2. The number of Topliss-reactive ketones (excluding diaryl/α,β-unsaturated/α-hetero) is 1. The van der Waals surface area contributed by atoms with Crippen molar-refractivity contribution in [3.05, 3.63) is 64.7 Å². The maximum absolute atomic E-state index is 12.2. The molecule has 2 aromatic carbocycles. The fourth-order valence-electron chi connectivity index (χ4n) is 2.84. The van der Waals surface area contributed by atoms with Crippen LogP contribution >= 0.6 is 0 Å². The third kappa shape index (κ3) is 6.77. The van der Waals surface area contributed by atoms with Crippen molar-refractivity contribution >= 4 is 23.6 Å². The van der Waals surface area contributed by atoms with Gasteiger partial charge in [-0.05, 0) is 48.2 Å². The van der Waals surface area contributed by atoms with E-state index in [0.717, 1.165) is 5.56 Å². The fraction of sp³-hybridized carbons (Fsp3) is 0.333. The second-order valence-corrected chi connectivity index (χ2v) is 8.12. The van der Waals surface area contributed by atoms with Gasteiger partial charge in [0.25, 0.3) is 11.8 Å². The van der Waals surface area contributed by atoms with Crippen molar-refractivity contribution in [3.63, 3.8) is 0 Å². The molecule has 0 radical (unpaired) electrons. The number of hydrogen-bond donors (Lipinski definition) is 1. The lowest BCUT2D eigenvalue weighted by Gasteiger charge is -2.19. The van der Waals surface area contributed by atoms with E-state index in [1.165, 1.54) is 14.0 Å². The molecule has 0 bridgehead atoms. The number of imide groups is 1. The monoisotopic (exact) mass is 425 g/mol. The number of esters is 1. The molecule has 0 spiro atoms. The van der Waals surface area contributed by atoms with Crippen LogP contribution in [0.15, 0.2) is 42.5 Å². The summed E-state index contributed by atoms with van der Waals surface area (Å²) < 4.78 is 10.2. The minimum Gasteiger partial charge on any atom is -0.496 e. The molecule has 0 aliphatic carbocycles. The first-order valence-electron chi connectivity index (χ1n) is 9.79. The first-order valence-corrected chi connectivity index (χ1v) is 9.79. The Morgan fingerprint density at radius 1 is 0.935 bits per heavy atom. The predicted octanol–water partition coefficient (Wildman–Crippen LogP) is 3.24. The van der Waals surface area contributed by atoms with Crippen LogP contribution in [0.5, 0.6) is 5.75 Å². The summed E-state index contributed by atoms with van der Waals surface area (Å²) in [4.78, 5) is 47.9. The molecule has 7 heteroatoms. The summed E-state index contributed by atoms with van der Waals surface area (Å²) in [5.41, 5.74) is 2.25. The summed E-state index contributed by atoms with van der Waals surface area (Å²) in [6.07, 6.45) is -0.181. The number of nitrogens with one attached hydrogen (secondary N) is 1. The van der Waals surface area contributed by atoms with Gasteiger partial charge in [0.1, 0.15) is 5.75 Å². The predicted molar refractivity (Wildman–Crippen MR) is 115 cm³/mol. The summed E-state index contributed by atoms with van der Waals surface area (Å²) in [7, 11) is 1.45. The molecule has 7 nitrogen and oxygen atoms in total. The zero-order valence-electron chi connectivity index (χ0n) is 18.4. The summed E-state index contributed by atoms with van der Waals surface area (Å²) >= 11 is 0. The maximum atomic E-state index is 12.2. The van der Waals surface area contributed by atoms with Crippen LogP contribution in [-0.2, 0) is 26.2 Å². The van der Waals surface area contributed by atoms with Crippen LogP contribution in [0.2, 0.25) is 0 Å². The normalized spacial score (nSPS) is 10.9. The molecule has 0 aliphatic heterocycles. The van der Waals surface area contributed by atoms with Gasteiger partial charge < -0.3 is 9.47 Å². The molecule has 0 saturated carbocycles. The van der Waals surface area contributed by atoms with Crippen molar-refractivity contribution in [2.24, 2.45) is 0 Å². The number of hydrogen-bond acceptors (Lipinski definition) is 6. The van der Waals surface area contributed by atoms with E-state index in [1.807, 2.05) is 12.1 Å². The SMILES string of the molecule is COc1ccc(C(C)=O)cc1CC(=O)OCC(=O)NC(=O)c1ccc(C(C)(C)C)cc1. The number of benzene rings is 2. The van der Waals surface area contributed by atoms with Crippen molar-refractivity contribution in [3.8, 4) is 5.75 Å². The Bertz CT molecular complexity index is 986. The van der Waals surface area contributed by atoms with Crippen LogP contribution < -0.4 is 10.1 Å². The van der Waals surface area contributed by atoms with Gasteiger partial charge in [0.2, 0.25) is 0 Å². The van der Waals surface area contributed by atoms with Gasteiger partial charge in [-0.25, -0.2) is 0 Å². The quantitative estimate of drug-likeness (QED) is 0.540. The molecule has 0 saturated heterocycles. The summed E-state index contributed by atoms with van der Waals surface area (Å²) in [6, 6.07) is 11.7. The largest absolute Gasteiger partial charge is 0.496 e. The Balaban J connectivity index is 1.91. The number of carbonyl (C=O) groups is 4. The molecular formula is C24H27NO6. The standard InChI is InChI=1S/C24H27NO6/c1-15(26)17-8-11-20(30-5)18(12-17)13-22(28)31-14-21(27)25-23(29)16-6-9-19(10-7-16)24(2,3)4/h6-12H,13-14H2,1-5H3,(H,25,27,29). The molecule has 2 rings (SSSR count). The lowest BCUT2D eigenvalue weighted by atomic mass is 9.87. The number of amides is 2. The molecule has 0 aliphatic rings. The second-order valence-electron chi connectivity index (χ2n) is 8.12. The molecule has 1 N–H and O–H groups in total. The van der Waals surface area contributed by atoms with E-state index in [-0.39, 0.29) is 17.6 Å². The van der Waals surface area contributed by atoms with Crippen molar-refractivity contribution in [2.75, 3.05) is 13.7 Å². The molecule has 0 aromatic heterocycles. The van der Waals surface area contributed by atoms with E-state index in [4.69, 9.17) is 9.47 Å². The van der Waals surface area contributed by atoms with Gasteiger partial charge >= 0.3 is 5.97 Å². The minimum absolute atomic E-state index is 0.0500. The first-order chi connectivity index (χ1) is 14.5. The molecule has 2 amide bonds. The lowest BCUT2D eigenvalue weighted by molar-refractivity contribution is -0.147. The third-order valence-electron chi connectivity index (χ3n) is 4.65. The molecule has 0 heterocycles. The number of ether oxygens (including phenoxy) is 2. The zero-order valence-corrected chi connectivity index (χ0v) is 18.4. The van der Waals surface area contributed by atoms with Crippen LogP contribution in [0, 0.1) is 0 Å². The molecule has 0 atom stereocenters. The van der Waals surface area contributed by atoms with E-state index < -0.39 is 24.4 Å². The van der Waals surface area contributed by atoms with Crippen molar-refractivity contribution in [1.82, 2.24) is 5.32 Å². The molecule has 0 unspecified atom stereocenters. The van der Waals surface area contributed by atoms with Crippen LogP contribution in [0.25, 0.3) is 0 Å². The number of carbonyl (C=O) groups excluding carboxylic acids is 4. The molecule has 164 valence electrons. The highest BCUT2D eigenvalue weighted by molar-refractivity contribution is 6.05. The average Bonchev–Trinajstić information content (AvgIpc) is 2.71. The Hall–Kier alpha value is -3.48. The van der Waals surface area contributed by atoms with Gasteiger partial charge in [-0.2, -0.15) is 0 Å². The van der Waals surface area contributed by atoms with E-state index in [0.29, 0.717) is 22.4 Å². The summed E-state index contributed by atoms with van der Waals surface area (Å²) in [6.45, 7) is 7.00. The molecule has 0 fully saturated rings. The van der Waals surface area contributed by atoms with E-state index in [9.17, 15) is 19.2 Å². The topological polar surface area (TPSA) is 98.8 Å². The van der Waals surface area contributed by atoms with Crippen molar-refractivity contribution in [1.29, 1.82) is 0 Å². The average molecular weight is 425 g/mol. The van der Waals surface area contributed by atoms with Crippen LogP contribution in [0.4, 0.5) is 0 Å². The Labute approximate surface area is 181 Å². The Kier molecular flexibility index (Phi) is 7.69. The van der Waals surface area contributed by atoms with Gasteiger partial charge in [-0.1, -0.05) is 32.9 Å². The van der Waals surface area contributed by atoms with Crippen LogP contribution in [0.1, 0.15) is 59.5 Å². The highest BCUT2D eigenvalue weighted by atomic mass is 16.5. The van der Waals surface area contributed by atoms with E-state index in [2.05, 4.69) is 26.1 Å². The molecule has 31 heavy (non-hydrogen) atoms. The third-order valence-corrected chi connectivity index (χ3v) is 4.65.